The molecule has 0 fully saturated rings. The van der Waals surface area contributed by atoms with E-state index in [9.17, 15) is 9.59 Å². The van der Waals surface area contributed by atoms with Crippen molar-refractivity contribution in [2.24, 2.45) is 0 Å². The van der Waals surface area contributed by atoms with Crippen molar-refractivity contribution in [3.8, 4) is 0 Å². The normalized spacial score (nSPS) is 10.4. The Hall–Kier alpha value is -2.99. The standard InChI is InChI=1S/C20H19N3O2S/c1-13-7-6-8-14(2)18(13)22-17(24)11-16-12-26-20(21-16)23-19(25)15-9-4-3-5-10-15/h3-10,12H,11H2,1-2H3,(H,22,24)(H,21,23,25). The zero-order valence-electron chi connectivity index (χ0n) is 14.6. The number of nitrogens with zero attached hydrogens (tertiary/aromatic N) is 1. The van der Waals surface area contributed by atoms with Gasteiger partial charge in [-0.05, 0) is 37.1 Å². The number of aryl methyl sites for hydroxylation is 2. The number of anilines is 2. The van der Waals surface area contributed by atoms with E-state index in [1.54, 1.807) is 29.6 Å². The fraction of sp³-hybridized carbons (Fsp3) is 0.150. The van der Waals surface area contributed by atoms with E-state index in [0.717, 1.165) is 16.8 Å². The number of benzene rings is 2. The summed E-state index contributed by atoms with van der Waals surface area (Å²) in [6.07, 6.45) is 0.158. The van der Waals surface area contributed by atoms with Crippen LogP contribution in [-0.4, -0.2) is 16.8 Å². The summed E-state index contributed by atoms with van der Waals surface area (Å²) in [7, 11) is 0. The molecule has 0 aliphatic rings. The van der Waals surface area contributed by atoms with Crippen molar-refractivity contribution >= 4 is 34.0 Å². The van der Waals surface area contributed by atoms with Crippen LogP contribution in [0, 0.1) is 13.8 Å². The summed E-state index contributed by atoms with van der Waals surface area (Å²) in [6.45, 7) is 3.92. The molecule has 1 aromatic heterocycles. The first kappa shape index (κ1) is 17.8. The van der Waals surface area contributed by atoms with Crippen LogP contribution in [0.1, 0.15) is 27.2 Å². The van der Waals surface area contributed by atoms with Crippen molar-refractivity contribution in [1.29, 1.82) is 0 Å². The third-order valence-electron chi connectivity index (χ3n) is 3.90. The molecule has 0 aliphatic carbocycles. The minimum absolute atomic E-state index is 0.131. The monoisotopic (exact) mass is 365 g/mol. The van der Waals surface area contributed by atoms with Gasteiger partial charge in [0.25, 0.3) is 5.91 Å². The summed E-state index contributed by atoms with van der Waals surface area (Å²) in [5.74, 6) is -0.347. The molecule has 0 atom stereocenters. The van der Waals surface area contributed by atoms with Gasteiger partial charge in [0.1, 0.15) is 0 Å². The minimum atomic E-state index is -0.216. The van der Waals surface area contributed by atoms with E-state index in [0.29, 0.717) is 16.4 Å². The Morgan fingerprint density at radius 2 is 1.65 bits per heavy atom. The van der Waals surface area contributed by atoms with E-state index < -0.39 is 0 Å². The minimum Gasteiger partial charge on any atom is -0.325 e. The summed E-state index contributed by atoms with van der Waals surface area (Å²) >= 11 is 1.30. The molecule has 1 heterocycles. The van der Waals surface area contributed by atoms with Gasteiger partial charge in [-0.25, -0.2) is 4.98 Å². The lowest BCUT2D eigenvalue weighted by atomic mass is 10.1. The molecule has 0 saturated heterocycles. The third kappa shape index (κ3) is 4.34. The van der Waals surface area contributed by atoms with E-state index in [4.69, 9.17) is 0 Å². The highest BCUT2D eigenvalue weighted by Crippen LogP contribution is 2.21. The van der Waals surface area contributed by atoms with Crippen LogP contribution in [0.25, 0.3) is 0 Å². The Bertz CT molecular complexity index is 915. The Labute approximate surface area is 156 Å². The lowest BCUT2D eigenvalue weighted by molar-refractivity contribution is -0.115. The van der Waals surface area contributed by atoms with Gasteiger partial charge >= 0.3 is 0 Å². The van der Waals surface area contributed by atoms with E-state index in [1.807, 2.05) is 38.1 Å². The SMILES string of the molecule is Cc1cccc(C)c1NC(=O)Cc1csc(NC(=O)c2ccccc2)n1. The van der Waals surface area contributed by atoms with Gasteiger partial charge in [0.05, 0.1) is 12.1 Å². The highest BCUT2D eigenvalue weighted by molar-refractivity contribution is 7.14. The molecular formula is C20H19N3O2S. The molecule has 3 aromatic rings. The first-order chi connectivity index (χ1) is 12.5. The van der Waals surface area contributed by atoms with E-state index >= 15 is 0 Å². The summed E-state index contributed by atoms with van der Waals surface area (Å²) < 4.78 is 0. The summed E-state index contributed by atoms with van der Waals surface area (Å²) in [4.78, 5) is 28.8. The van der Waals surface area contributed by atoms with Gasteiger partial charge in [-0.3, -0.25) is 14.9 Å². The average molecular weight is 365 g/mol. The molecular weight excluding hydrogens is 346 g/mol. The molecule has 2 N–H and O–H groups in total. The molecule has 3 rings (SSSR count). The molecule has 0 aliphatic heterocycles. The molecule has 0 bridgehead atoms. The van der Waals surface area contributed by atoms with Crippen molar-refractivity contribution in [3.05, 3.63) is 76.3 Å². The Morgan fingerprint density at radius 1 is 0.962 bits per heavy atom. The number of nitrogens with one attached hydrogen (secondary N) is 2. The van der Waals surface area contributed by atoms with E-state index in [2.05, 4.69) is 15.6 Å². The second-order valence-electron chi connectivity index (χ2n) is 5.96. The van der Waals surface area contributed by atoms with Gasteiger partial charge in [-0.1, -0.05) is 36.4 Å². The van der Waals surface area contributed by atoms with Crippen LogP contribution in [0.4, 0.5) is 10.8 Å². The number of rotatable bonds is 5. The molecule has 0 radical (unpaired) electrons. The predicted molar refractivity (Wildman–Crippen MR) is 105 cm³/mol. The second-order valence-corrected chi connectivity index (χ2v) is 6.81. The van der Waals surface area contributed by atoms with Gasteiger partial charge in [-0.2, -0.15) is 0 Å². The Kier molecular flexibility index (Phi) is 5.43. The van der Waals surface area contributed by atoms with Crippen LogP contribution < -0.4 is 10.6 Å². The number of amides is 2. The number of hydrogen-bond acceptors (Lipinski definition) is 4. The Balaban J connectivity index is 1.61. The van der Waals surface area contributed by atoms with Gasteiger partial charge in [0.2, 0.25) is 5.91 Å². The smallest absolute Gasteiger partial charge is 0.257 e. The first-order valence-electron chi connectivity index (χ1n) is 8.20. The first-order valence-corrected chi connectivity index (χ1v) is 9.08. The van der Waals surface area contributed by atoms with Gasteiger partial charge in [-0.15, -0.1) is 11.3 Å². The van der Waals surface area contributed by atoms with Gasteiger partial charge in [0, 0.05) is 16.6 Å². The van der Waals surface area contributed by atoms with E-state index in [-0.39, 0.29) is 18.2 Å². The summed E-state index contributed by atoms with van der Waals surface area (Å²) in [5, 5.41) is 7.96. The summed E-state index contributed by atoms with van der Waals surface area (Å²) in [6, 6.07) is 14.8. The predicted octanol–water partition coefficient (Wildman–Crippen LogP) is 4.19. The van der Waals surface area contributed by atoms with E-state index in [1.165, 1.54) is 11.3 Å². The van der Waals surface area contributed by atoms with Crippen molar-refractivity contribution in [2.45, 2.75) is 20.3 Å². The van der Waals surface area contributed by atoms with Crippen LogP contribution in [-0.2, 0) is 11.2 Å². The lowest BCUT2D eigenvalue weighted by Crippen LogP contribution is -2.16. The fourth-order valence-corrected chi connectivity index (χ4v) is 3.27. The highest BCUT2D eigenvalue weighted by Gasteiger charge is 2.12. The molecule has 0 saturated carbocycles. The lowest BCUT2D eigenvalue weighted by Gasteiger charge is -2.10. The Morgan fingerprint density at radius 3 is 2.35 bits per heavy atom. The third-order valence-corrected chi connectivity index (χ3v) is 4.70. The highest BCUT2D eigenvalue weighted by atomic mass is 32.1. The largest absolute Gasteiger partial charge is 0.325 e. The maximum Gasteiger partial charge on any atom is 0.257 e. The quantitative estimate of drug-likeness (QED) is 0.712. The molecule has 0 spiro atoms. The fourth-order valence-electron chi connectivity index (χ4n) is 2.56. The van der Waals surface area contributed by atoms with Gasteiger partial charge < -0.3 is 5.32 Å². The van der Waals surface area contributed by atoms with Crippen LogP contribution in [0.3, 0.4) is 0 Å². The van der Waals surface area contributed by atoms with Crippen molar-refractivity contribution < 1.29 is 9.59 Å². The second kappa shape index (κ2) is 7.93. The van der Waals surface area contributed by atoms with Crippen LogP contribution in [0.2, 0.25) is 0 Å². The number of carbonyl (C=O) groups is 2. The van der Waals surface area contributed by atoms with Crippen LogP contribution in [0.5, 0.6) is 0 Å². The molecule has 2 aromatic carbocycles. The molecule has 5 nitrogen and oxygen atoms in total. The zero-order chi connectivity index (χ0) is 18.5. The molecule has 132 valence electrons. The van der Waals surface area contributed by atoms with Gasteiger partial charge in [0.15, 0.2) is 5.13 Å². The summed E-state index contributed by atoms with van der Waals surface area (Å²) in [5.41, 5.74) is 4.07. The molecule has 0 unspecified atom stereocenters. The number of thiazole rings is 1. The number of carbonyl (C=O) groups excluding carboxylic acids is 2. The van der Waals surface area contributed by atoms with Crippen LogP contribution >= 0.6 is 11.3 Å². The maximum atomic E-state index is 12.3. The molecule has 6 heteroatoms. The van der Waals surface area contributed by atoms with Crippen molar-refractivity contribution in [1.82, 2.24) is 4.98 Å². The number of aromatic nitrogens is 1. The topological polar surface area (TPSA) is 71.1 Å². The zero-order valence-corrected chi connectivity index (χ0v) is 15.4. The molecule has 26 heavy (non-hydrogen) atoms. The average Bonchev–Trinajstić information content (AvgIpc) is 3.06. The van der Waals surface area contributed by atoms with Crippen LogP contribution in [0.15, 0.2) is 53.9 Å². The number of para-hydroxylation sites is 1. The van der Waals surface area contributed by atoms with Crippen molar-refractivity contribution in [2.75, 3.05) is 10.6 Å². The maximum absolute atomic E-state index is 12.3. The molecule has 2 amide bonds. The van der Waals surface area contributed by atoms with Crippen molar-refractivity contribution in [3.63, 3.8) is 0 Å². The number of hydrogen-bond donors (Lipinski definition) is 2.